The molecule has 0 atom stereocenters. The zero-order valence-electron chi connectivity index (χ0n) is 17.0. The maximum atomic E-state index is 13.0. The second-order valence-corrected chi connectivity index (χ2v) is 8.99. The van der Waals surface area contributed by atoms with Crippen LogP contribution < -0.4 is 10.9 Å². The average molecular weight is 450 g/mol. The van der Waals surface area contributed by atoms with Crippen LogP contribution in [0.1, 0.15) is 17.5 Å². The molecule has 5 nitrogen and oxygen atoms in total. The minimum Gasteiger partial charge on any atom is -0.355 e. The largest absolute Gasteiger partial charge is 0.355 e. The third kappa shape index (κ3) is 5.62. The highest BCUT2D eigenvalue weighted by Crippen LogP contribution is 2.21. The first-order valence-corrected chi connectivity index (χ1v) is 12.0. The van der Waals surface area contributed by atoms with Gasteiger partial charge in [0.05, 0.1) is 17.8 Å². The zero-order valence-corrected chi connectivity index (χ0v) is 18.6. The lowest BCUT2D eigenvalue weighted by Gasteiger charge is -2.12. The van der Waals surface area contributed by atoms with Crippen molar-refractivity contribution < 1.29 is 4.79 Å². The first-order chi connectivity index (χ1) is 15.2. The number of nitrogens with one attached hydrogen (secondary N) is 1. The lowest BCUT2D eigenvalue weighted by atomic mass is 10.1. The third-order valence-corrected chi connectivity index (χ3v) is 6.72. The van der Waals surface area contributed by atoms with Crippen LogP contribution >= 0.6 is 23.1 Å². The van der Waals surface area contributed by atoms with Crippen molar-refractivity contribution in [2.75, 3.05) is 12.3 Å². The van der Waals surface area contributed by atoms with Gasteiger partial charge < -0.3 is 5.32 Å². The smallest absolute Gasteiger partial charge is 0.272 e. The van der Waals surface area contributed by atoms with Crippen LogP contribution in [-0.2, 0) is 17.8 Å². The third-order valence-electron chi connectivity index (χ3n) is 4.85. The highest BCUT2D eigenvalue weighted by molar-refractivity contribution is 7.99. The zero-order chi connectivity index (χ0) is 21.5. The Bertz CT molecular complexity index is 1200. The number of aryl methyl sites for hydroxylation is 1. The summed E-state index contributed by atoms with van der Waals surface area (Å²) >= 11 is 2.70. The van der Waals surface area contributed by atoms with Gasteiger partial charge in [0.1, 0.15) is 4.70 Å². The maximum Gasteiger partial charge on any atom is 0.272 e. The van der Waals surface area contributed by atoms with Crippen LogP contribution in [0.25, 0.3) is 10.2 Å². The summed E-state index contributed by atoms with van der Waals surface area (Å²) in [5.41, 5.74) is 2.92. The number of nitrogens with zero attached hydrogens (tertiary/aromatic N) is 2. The summed E-state index contributed by atoms with van der Waals surface area (Å²) in [4.78, 5) is 30.0. The van der Waals surface area contributed by atoms with Gasteiger partial charge >= 0.3 is 0 Å². The first kappa shape index (κ1) is 21.3. The Balaban J connectivity index is 1.39. The lowest BCUT2D eigenvalue weighted by molar-refractivity contribution is -0.118. The normalized spacial score (nSPS) is 11.0. The molecule has 2 aromatic carbocycles. The molecular formula is C24H23N3O2S2. The highest BCUT2D eigenvalue weighted by atomic mass is 32.2. The minimum absolute atomic E-state index is 0.0519. The standard InChI is InChI=1S/C24H23N3O2S2/c28-21(25-14-7-12-18-8-3-1-4-9-18)17-31-24-26-20-13-15-30-22(20)23(29)27(24)16-19-10-5-2-6-11-19/h1-6,8-11,13,15H,7,12,14,16-17H2,(H,25,28). The van der Waals surface area contributed by atoms with E-state index in [1.165, 1.54) is 28.7 Å². The second kappa shape index (κ2) is 10.4. The van der Waals surface area contributed by atoms with E-state index in [9.17, 15) is 9.59 Å². The molecule has 31 heavy (non-hydrogen) atoms. The van der Waals surface area contributed by atoms with Gasteiger partial charge in [-0.25, -0.2) is 4.98 Å². The SMILES string of the molecule is O=C(CSc1nc2ccsc2c(=O)n1Cc1ccccc1)NCCCc1ccccc1. The molecule has 1 amide bonds. The van der Waals surface area contributed by atoms with Crippen molar-refractivity contribution in [1.82, 2.24) is 14.9 Å². The Morgan fingerprint density at radius 1 is 1.00 bits per heavy atom. The Hall–Kier alpha value is -2.90. The van der Waals surface area contributed by atoms with E-state index in [2.05, 4.69) is 22.4 Å². The summed E-state index contributed by atoms with van der Waals surface area (Å²) in [6, 6.07) is 21.9. The number of hydrogen-bond acceptors (Lipinski definition) is 5. The maximum absolute atomic E-state index is 13.0. The van der Waals surface area contributed by atoms with E-state index in [1.807, 2.05) is 60.0 Å². The van der Waals surface area contributed by atoms with Crippen LogP contribution in [0, 0.1) is 0 Å². The number of aromatic nitrogens is 2. The summed E-state index contributed by atoms with van der Waals surface area (Å²) in [5.74, 6) is 0.173. The Morgan fingerprint density at radius 2 is 1.71 bits per heavy atom. The van der Waals surface area contributed by atoms with E-state index in [0.717, 1.165) is 18.4 Å². The fourth-order valence-corrected chi connectivity index (χ4v) is 4.89. The molecule has 1 N–H and O–H groups in total. The van der Waals surface area contributed by atoms with Crippen LogP contribution in [0.15, 0.2) is 82.1 Å². The molecule has 0 fully saturated rings. The van der Waals surface area contributed by atoms with Crippen LogP contribution in [0.2, 0.25) is 0 Å². The van der Waals surface area contributed by atoms with Crippen molar-refractivity contribution in [2.24, 2.45) is 0 Å². The van der Waals surface area contributed by atoms with Gasteiger partial charge in [0.15, 0.2) is 5.16 Å². The Morgan fingerprint density at radius 3 is 2.45 bits per heavy atom. The quantitative estimate of drug-likeness (QED) is 0.234. The number of benzene rings is 2. The fraction of sp³-hybridized carbons (Fsp3) is 0.208. The number of fused-ring (bicyclic) bond motifs is 1. The summed E-state index contributed by atoms with van der Waals surface area (Å²) in [6.07, 6.45) is 1.82. The van der Waals surface area contributed by atoms with Crippen LogP contribution in [-0.4, -0.2) is 27.8 Å². The molecule has 0 radical (unpaired) electrons. The molecule has 4 rings (SSSR count). The molecule has 0 saturated heterocycles. The average Bonchev–Trinajstić information content (AvgIpc) is 3.28. The van der Waals surface area contributed by atoms with Gasteiger partial charge in [-0.15, -0.1) is 11.3 Å². The molecular weight excluding hydrogens is 426 g/mol. The number of thiophene rings is 1. The number of rotatable bonds is 9. The van der Waals surface area contributed by atoms with Gasteiger partial charge in [-0.2, -0.15) is 0 Å². The lowest BCUT2D eigenvalue weighted by Crippen LogP contribution is -2.28. The van der Waals surface area contributed by atoms with E-state index in [1.54, 1.807) is 4.57 Å². The van der Waals surface area contributed by atoms with Gasteiger partial charge in [0.25, 0.3) is 5.56 Å². The summed E-state index contributed by atoms with van der Waals surface area (Å²) in [7, 11) is 0. The van der Waals surface area contributed by atoms with Crippen molar-refractivity contribution in [3.05, 3.63) is 93.6 Å². The van der Waals surface area contributed by atoms with Gasteiger partial charge in [0.2, 0.25) is 5.91 Å². The van der Waals surface area contributed by atoms with Crippen molar-refractivity contribution >= 4 is 39.2 Å². The molecule has 0 aliphatic carbocycles. The van der Waals surface area contributed by atoms with Gasteiger partial charge in [0, 0.05) is 6.54 Å². The predicted octanol–water partition coefficient (Wildman–Crippen LogP) is 4.35. The van der Waals surface area contributed by atoms with Gasteiger partial charge in [-0.1, -0.05) is 72.4 Å². The van der Waals surface area contributed by atoms with Crippen LogP contribution in [0.3, 0.4) is 0 Å². The fourth-order valence-electron chi connectivity index (χ4n) is 3.29. The van der Waals surface area contributed by atoms with Crippen molar-refractivity contribution in [3.8, 4) is 0 Å². The number of carbonyl (C=O) groups is 1. The van der Waals surface area contributed by atoms with E-state index in [0.29, 0.717) is 28.5 Å². The molecule has 4 aromatic rings. The van der Waals surface area contributed by atoms with E-state index in [-0.39, 0.29) is 17.2 Å². The molecule has 0 aliphatic heterocycles. The molecule has 158 valence electrons. The first-order valence-electron chi connectivity index (χ1n) is 10.2. The molecule has 0 spiro atoms. The van der Waals surface area contributed by atoms with Crippen molar-refractivity contribution in [3.63, 3.8) is 0 Å². The minimum atomic E-state index is -0.0605. The van der Waals surface area contributed by atoms with Crippen molar-refractivity contribution in [2.45, 2.75) is 24.5 Å². The molecule has 2 heterocycles. The Kier molecular flexibility index (Phi) is 7.17. The molecule has 0 unspecified atom stereocenters. The van der Waals surface area contributed by atoms with Crippen LogP contribution in [0.4, 0.5) is 0 Å². The predicted molar refractivity (Wildman–Crippen MR) is 128 cm³/mol. The van der Waals surface area contributed by atoms with E-state index < -0.39 is 0 Å². The number of carbonyl (C=O) groups excluding carboxylic acids is 1. The monoisotopic (exact) mass is 449 g/mol. The molecule has 7 heteroatoms. The van der Waals surface area contributed by atoms with Crippen LogP contribution in [0.5, 0.6) is 0 Å². The van der Waals surface area contributed by atoms with E-state index >= 15 is 0 Å². The van der Waals surface area contributed by atoms with Crippen molar-refractivity contribution in [1.29, 1.82) is 0 Å². The van der Waals surface area contributed by atoms with E-state index in [4.69, 9.17) is 0 Å². The summed E-state index contributed by atoms with van der Waals surface area (Å²) < 4.78 is 2.31. The Labute approximate surface area is 189 Å². The second-order valence-electron chi connectivity index (χ2n) is 7.13. The molecule has 0 aliphatic rings. The number of thioether (sulfide) groups is 1. The number of amides is 1. The summed E-state index contributed by atoms with van der Waals surface area (Å²) in [6.45, 7) is 1.06. The topological polar surface area (TPSA) is 64.0 Å². The summed E-state index contributed by atoms with van der Waals surface area (Å²) in [5, 5.41) is 5.41. The molecule has 2 aromatic heterocycles. The van der Waals surface area contributed by atoms with Gasteiger partial charge in [-0.3, -0.25) is 14.2 Å². The molecule has 0 saturated carbocycles. The number of hydrogen-bond donors (Lipinski definition) is 1. The molecule has 0 bridgehead atoms. The highest BCUT2D eigenvalue weighted by Gasteiger charge is 2.14. The van der Waals surface area contributed by atoms with Gasteiger partial charge in [-0.05, 0) is 35.4 Å².